The Kier molecular flexibility index (Phi) is 5.43. The van der Waals surface area contributed by atoms with Gasteiger partial charge in [-0.1, -0.05) is 13.0 Å². The Bertz CT molecular complexity index is 524. The van der Waals surface area contributed by atoms with Crippen LogP contribution in [-0.4, -0.2) is 12.3 Å². The summed E-state index contributed by atoms with van der Waals surface area (Å²) < 4.78 is 13.1. The molecule has 19 heavy (non-hydrogen) atoms. The Hall–Kier alpha value is -0.840. The van der Waals surface area contributed by atoms with Crippen LogP contribution in [0.15, 0.2) is 40.6 Å². The Morgan fingerprint density at radius 2 is 2.21 bits per heavy atom. The summed E-state index contributed by atoms with van der Waals surface area (Å²) in [4.78, 5) is 2.33. The first kappa shape index (κ1) is 14.6. The van der Waals surface area contributed by atoms with E-state index in [0.29, 0.717) is 6.04 Å². The van der Waals surface area contributed by atoms with Crippen molar-refractivity contribution in [2.24, 2.45) is 0 Å². The van der Waals surface area contributed by atoms with Crippen molar-refractivity contribution in [3.8, 4) is 0 Å². The molecule has 1 aromatic carbocycles. The fraction of sp³-hybridized carbons (Fsp3) is 0.333. The first-order chi connectivity index (χ1) is 9.20. The molecule has 1 heterocycles. The van der Waals surface area contributed by atoms with Crippen LogP contribution in [0.3, 0.4) is 0 Å². The number of hydrogen-bond acceptors (Lipinski definition) is 3. The molecule has 0 aliphatic heterocycles. The van der Waals surface area contributed by atoms with Gasteiger partial charge in [-0.25, -0.2) is 4.39 Å². The molecule has 0 fully saturated rings. The number of hydrogen-bond donors (Lipinski definition) is 1. The number of halogens is 1. The number of nitrogens with one attached hydrogen (secondary N) is 1. The highest BCUT2D eigenvalue weighted by molar-refractivity contribution is 7.99. The van der Waals surface area contributed by atoms with E-state index in [1.807, 2.05) is 6.07 Å². The molecule has 1 nitrogen and oxygen atoms in total. The average molecular weight is 295 g/mol. The molecule has 2 rings (SSSR count). The lowest BCUT2D eigenvalue weighted by atomic mass is 10.1. The molecule has 1 unspecified atom stereocenters. The zero-order chi connectivity index (χ0) is 13.7. The van der Waals surface area contributed by atoms with Crippen LogP contribution in [0.4, 0.5) is 4.39 Å². The highest BCUT2D eigenvalue weighted by Crippen LogP contribution is 2.28. The number of thioether (sulfide) groups is 1. The predicted molar refractivity (Wildman–Crippen MR) is 82.6 cm³/mol. The van der Waals surface area contributed by atoms with Gasteiger partial charge in [0, 0.05) is 21.6 Å². The van der Waals surface area contributed by atoms with Gasteiger partial charge in [0.15, 0.2) is 0 Å². The van der Waals surface area contributed by atoms with Crippen LogP contribution in [0.2, 0.25) is 0 Å². The van der Waals surface area contributed by atoms with Gasteiger partial charge >= 0.3 is 0 Å². The summed E-state index contributed by atoms with van der Waals surface area (Å²) in [7, 11) is 0. The van der Waals surface area contributed by atoms with E-state index in [0.717, 1.165) is 17.2 Å². The smallest absolute Gasteiger partial charge is 0.124 e. The van der Waals surface area contributed by atoms with Crippen molar-refractivity contribution in [3.05, 3.63) is 52.0 Å². The lowest BCUT2D eigenvalue weighted by Crippen LogP contribution is -2.23. The summed E-state index contributed by atoms with van der Waals surface area (Å²) in [5, 5.41) is 5.63. The quantitative estimate of drug-likeness (QED) is 0.779. The van der Waals surface area contributed by atoms with Gasteiger partial charge < -0.3 is 5.32 Å². The molecule has 0 aliphatic carbocycles. The van der Waals surface area contributed by atoms with E-state index >= 15 is 0 Å². The van der Waals surface area contributed by atoms with Gasteiger partial charge in [-0.2, -0.15) is 0 Å². The number of benzene rings is 1. The van der Waals surface area contributed by atoms with Gasteiger partial charge in [-0.05, 0) is 48.7 Å². The summed E-state index contributed by atoms with van der Waals surface area (Å²) in [6, 6.07) is 9.29. The highest BCUT2D eigenvalue weighted by Gasteiger charge is 2.14. The Labute approximate surface area is 122 Å². The topological polar surface area (TPSA) is 12.0 Å². The van der Waals surface area contributed by atoms with Crippen LogP contribution in [0.25, 0.3) is 0 Å². The van der Waals surface area contributed by atoms with Crippen LogP contribution in [0, 0.1) is 12.7 Å². The molecule has 0 radical (unpaired) electrons. The second-order valence-corrected chi connectivity index (χ2v) is 6.52. The van der Waals surface area contributed by atoms with Crippen LogP contribution >= 0.6 is 23.1 Å². The lowest BCUT2D eigenvalue weighted by molar-refractivity contribution is 0.605. The van der Waals surface area contributed by atoms with Crippen molar-refractivity contribution < 1.29 is 4.39 Å². The Morgan fingerprint density at radius 1 is 1.37 bits per heavy atom. The molecule has 1 N–H and O–H groups in total. The average Bonchev–Trinajstić information content (AvgIpc) is 2.81. The van der Waals surface area contributed by atoms with Crippen molar-refractivity contribution in [2.75, 3.05) is 12.3 Å². The normalized spacial score (nSPS) is 12.6. The van der Waals surface area contributed by atoms with Gasteiger partial charge in [0.05, 0.1) is 0 Å². The minimum atomic E-state index is -0.170. The van der Waals surface area contributed by atoms with Gasteiger partial charge in [-0.15, -0.1) is 23.1 Å². The maximum Gasteiger partial charge on any atom is 0.124 e. The van der Waals surface area contributed by atoms with E-state index in [1.165, 1.54) is 16.5 Å². The highest BCUT2D eigenvalue weighted by atomic mass is 32.2. The number of aryl methyl sites for hydroxylation is 1. The molecular weight excluding hydrogens is 277 g/mol. The summed E-state index contributed by atoms with van der Waals surface area (Å²) in [6.07, 6.45) is 0. The SMILES string of the molecule is CCNC(CSc1cccc(F)c1)c1ccsc1C. The van der Waals surface area contributed by atoms with E-state index in [-0.39, 0.29) is 5.82 Å². The van der Waals surface area contributed by atoms with E-state index in [2.05, 4.69) is 30.6 Å². The maximum absolute atomic E-state index is 13.1. The van der Waals surface area contributed by atoms with Crippen LogP contribution in [0.5, 0.6) is 0 Å². The first-order valence-corrected chi connectivity index (χ1v) is 8.23. The molecule has 0 spiro atoms. The molecule has 0 aliphatic rings. The third-order valence-electron chi connectivity index (χ3n) is 2.94. The number of thiophene rings is 1. The summed E-state index contributed by atoms with van der Waals surface area (Å²) in [5.41, 5.74) is 1.36. The second-order valence-electron chi connectivity index (χ2n) is 4.31. The van der Waals surface area contributed by atoms with Crippen molar-refractivity contribution in [2.45, 2.75) is 24.8 Å². The molecule has 4 heteroatoms. The Morgan fingerprint density at radius 3 is 2.84 bits per heavy atom. The molecule has 0 amide bonds. The lowest BCUT2D eigenvalue weighted by Gasteiger charge is -2.17. The molecule has 0 bridgehead atoms. The van der Waals surface area contributed by atoms with Gasteiger partial charge in [0.25, 0.3) is 0 Å². The molecule has 0 saturated carbocycles. The zero-order valence-corrected chi connectivity index (χ0v) is 12.8. The molecule has 102 valence electrons. The predicted octanol–water partition coefficient (Wildman–Crippen LogP) is 4.64. The van der Waals surface area contributed by atoms with Gasteiger partial charge in [0.1, 0.15) is 5.82 Å². The van der Waals surface area contributed by atoms with Gasteiger partial charge in [-0.3, -0.25) is 0 Å². The van der Waals surface area contributed by atoms with Crippen LogP contribution in [-0.2, 0) is 0 Å². The molecule has 2 aromatic rings. The third kappa shape index (κ3) is 4.06. The second kappa shape index (κ2) is 7.08. The zero-order valence-electron chi connectivity index (χ0n) is 11.2. The maximum atomic E-state index is 13.1. The minimum Gasteiger partial charge on any atom is -0.309 e. The van der Waals surface area contributed by atoms with E-state index in [1.54, 1.807) is 35.2 Å². The largest absolute Gasteiger partial charge is 0.309 e. The van der Waals surface area contributed by atoms with Crippen molar-refractivity contribution in [3.63, 3.8) is 0 Å². The molecule has 1 aromatic heterocycles. The van der Waals surface area contributed by atoms with Crippen LogP contribution < -0.4 is 5.32 Å². The van der Waals surface area contributed by atoms with Crippen molar-refractivity contribution in [1.29, 1.82) is 0 Å². The molecular formula is C15H18FNS2. The van der Waals surface area contributed by atoms with E-state index in [9.17, 15) is 4.39 Å². The van der Waals surface area contributed by atoms with Crippen molar-refractivity contribution >= 4 is 23.1 Å². The monoisotopic (exact) mass is 295 g/mol. The minimum absolute atomic E-state index is 0.170. The summed E-state index contributed by atoms with van der Waals surface area (Å²) >= 11 is 3.47. The molecule has 1 atom stereocenters. The van der Waals surface area contributed by atoms with E-state index in [4.69, 9.17) is 0 Å². The molecule has 0 saturated heterocycles. The fourth-order valence-corrected chi connectivity index (χ4v) is 3.79. The fourth-order valence-electron chi connectivity index (χ4n) is 2.00. The van der Waals surface area contributed by atoms with E-state index < -0.39 is 0 Å². The first-order valence-electron chi connectivity index (χ1n) is 6.36. The third-order valence-corrected chi connectivity index (χ3v) is 4.89. The van der Waals surface area contributed by atoms with Crippen molar-refractivity contribution in [1.82, 2.24) is 5.32 Å². The summed E-state index contributed by atoms with van der Waals surface area (Å²) in [6.45, 7) is 5.20. The van der Waals surface area contributed by atoms with Gasteiger partial charge in [0.2, 0.25) is 0 Å². The summed E-state index contributed by atoms with van der Waals surface area (Å²) in [5.74, 6) is 0.742. The Balaban J connectivity index is 2.04. The van der Waals surface area contributed by atoms with Crippen LogP contribution in [0.1, 0.15) is 23.4 Å². The standard InChI is InChI=1S/C15H18FNS2/c1-3-17-15(14-7-8-18-11(14)2)10-19-13-6-4-5-12(16)9-13/h4-9,15,17H,3,10H2,1-2H3. The number of rotatable bonds is 6.